The first kappa shape index (κ1) is 13.1. The first-order valence-electron chi connectivity index (χ1n) is 7.44. The normalized spacial score (nSPS) is 25.0. The topological polar surface area (TPSA) is 26.3 Å². The van der Waals surface area contributed by atoms with Crippen LogP contribution < -0.4 is 0 Å². The monoisotopic (exact) mass is 238 g/mol. The van der Waals surface area contributed by atoms with E-state index < -0.39 is 5.60 Å². The van der Waals surface area contributed by atoms with Crippen molar-refractivity contribution in [1.29, 1.82) is 0 Å². The van der Waals surface area contributed by atoms with Crippen molar-refractivity contribution in [2.75, 3.05) is 6.61 Å². The van der Waals surface area contributed by atoms with E-state index in [0.29, 0.717) is 18.3 Å². The Balaban J connectivity index is 1.96. The van der Waals surface area contributed by atoms with Crippen LogP contribution in [-0.2, 0) is 9.53 Å². The van der Waals surface area contributed by atoms with Crippen LogP contribution in [0.4, 0.5) is 0 Å². The lowest BCUT2D eigenvalue weighted by Gasteiger charge is -2.36. The summed E-state index contributed by atoms with van der Waals surface area (Å²) in [7, 11) is 0. The fourth-order valence-corrected chi connectivity index (χ4v) is 3.57. The van der Waals surface area contributed by atoms with E-state index in [1.807, 2.05) is 6.92 Å². The Morgan fingerprint density at radius 2 is 1.76 bits per heavy atom. The summed E-state index contributed by atoms with van der Waals surface area (Å²) in [4.78, 5) is 12.5. The van der Waals surface area contributed by atoms with Crippen LogP contribution in [0.2, 0.25) is 0 Å². The zero-order chi connectivity index (χ0) is 12.1. The third-order valence-electron chi connectivity index (χ3n) is 4.54. The molecule has 0 unspecified atom stereocenters. The summed E-state index contributed by atoms with van der Waals surface area (Å²) in [5.41, 5.74) is -0.393. The van der Waals surface area contributed by atoms with Gasteiger partial charge < -0.3 is 4.74 Å². The first-order chi connectivity index (χ1) is 8.27. The predicted molar refractivity (Wildman–Crippen MR) is 69.0 cm³/mol. The van der Waals surface area contributed by atoms with Gasteiger partial charge in [-0.3, -0.25) is 4.79 Å². The van der Waals surface area contributed by atoms with E-state index in [0.717, 1.165) is 32.1 Å². The minimum Gasteiger partial charge on any atom is -0.368 e. The number of ether oxygens (including phenoxy) is 1. The quantitative estimate of drug-likeness (QED) is 0.726. The molecule has 0 aromatic carbocycles. The molecule has 2 heteroatoms. The Bertz CT molecular complexity index is 242. The van der Waals surface area contributed by atoms with Crippen LogP contribution in [0.15, 0.2) is 0 Å². The van der Waals surface area contributed by atoms with Crippen LogP contribution >= 0.6 is 0 Å². The average molecular weight is 238 g/mol. The molecule has 2 aliphatic carbocycles. The number of carbonyl (C=O) groups excluding carboxylic acids is 1. The van der Waals surface area contributed by atoms with Crippen molar-refractivity contribution in [3.8, 4) is 0 Å². The number of carbonyl (C=O) groups is 1. The molecule has 98 valence electrons. The van der Waals surface area contributed by atoms with Gasteiger partial charge in [0.25, 0.3) is 0 Å². The van der Waals surface area contributed by atoms with Crippen molar-refractivity contribution in [3.05, 3.63) is 0 Å². The van der Waals surface area contributed by atoms with E-state index in [2.05, 4.69) is 0 Å². The highest BCUT2D eigenvalue weighted by Crippen LogP contribution is 2.36. The third-order valence-corrected chi connectivity index (χ3v) is 4.54. The fraction of sp³-hybridized carbons (Fsp3) is 0.933. The van der Waals surface area contributed by atoms with E-state index in [9.17, 15) is 4.79 Å². The maximum Gasteiger partial charge on any atom is 0.164 e. The molecule has 2 saturated carbocycles. The van der Waals surface area contributed by atoms with Crippen molar-refractivity contribution in [1.82, 2.24) is 0 Å². The number of ketones is 1. The number of Topliss-reactive ketones (excluding diaryl/α,β-unsaturated/α-hetero) is 1. The highest BCUT2D eigenvalue weighted by atomic mass is 16.5. The molecule has 0 atom stereocenters. The molecule has 0 spiro atoms. The number of hydrogen-bond acceptors (Lipinski definition) is 2. The molecule has 0 saturated heterocycles. The van der Waals surface area contributed by atoms with Crippen molar-refractivity contribution in [3.63, 3.8) is 0 Å². The molecule has 0 aliphatic heterocycles. The second kappa shape index (κ2) is 5.99. The van der Waals surface area contributed by atoms with Crippen LogP contribution in [0.3, 0.4) is 0 Å². The summed E-state index contributed by atoms with van der Waals surface area (Å²) >= 11 is 0. The summed E-state index contributed by atoms with van der Waals surface area (Å²) in [6.07, 6.45) is 11.5. The van der Waals surface area contributed by atoms with Gasteiger partial charge in [-0.2, -0.15) is 0 Å². The minimum atomic E-state index is -0.393. The molecule has 2 nitrogen and oxygen atoms in total. The Morgan fingerprint density at radius 1 is 1.12 bits per heavy atom. The van der Waals surface area contributed by atoms with Gasteiger partial charge in [0.05, 0.1) is 0 Å². The molecule has 0 amide bonds. The molecule has 2 aliphatic rings. The van der Waals surface area contributed by atoms with Crippen molar-refractivity contribution in [2.24, 2.45) is 5.92 Å². The second-order valence-electron chi connectivity index (χ2n) is 5.77. The van der Waals surface area contributed by atoms with Crippen LogP contribution in [0.25, 0.3) is 0 Å². The molecular formula is C15H26O2. The van der Waals surface area contributed by atoms with Crippen LogP contribution in [-0.4, -0.2) is 18.0 Å². The van der Waals surface area contributed by atoms with Gasteiger partial charge in [0.15, 0.2) is 5.78 Å². The summed E-state index contributed by atoms with van der Waals surface area (Å²) < 4.78 is 5.89. The van der Waals surface area contributed by atoms with Gasteiger partial charge in [-0.15, -0.1) is 0 Å². The molecule has 0 heterocycles. The Morgan fingerprint density at radius 3 is 2.35 bits per heavy atom. The van der Waals surface area contributed by atoms with E-state index in [1.165, 1.54) is 32.1 Å². The highest BCUT2D eigenvalue weighted by Gasteiger charge is 2.40. The maximum absolute atomic E-state index is 12.5. The summed E-state index contributed by atoms with van der Waals surface area (Å²) in [6, 6.07) is 0. The Hall–Kier alpha value is -0.370. The van der Waals surface area contributed by atoms with Gasteiger partial charge in [-0.1, -0.05) is 44.9 Å². The highest BCUT2D eigenvalue weighted by molar-refractivity contribution is 5.87. The Labute approximate surface area is 105 Å². The minimum absolute atomic E-state index is 0.393. The standard InChI is InChI=1S/C15H26O2/c1-2-17-15(10-6-3-7-11-15)14(16)12-13-8-4-5-9-13/h13H,2-12H2,1H3. The zero-order valence-electron chi connectivity index (χ0n) is 11.2. The third kappa shape index (κ3) is 3.09. The van der Waals surface area contributed by atoms with E-state index in [4.69, 9.17) is 4.74 Å². The largest absolute Gasteiger partial charge is 0.368 e. The van der Waals surface area contributed by atoms with Crippen molar-refractivity contribution >= 4 is 5.78 Å². The molecular weight excluding hydrogens is 212 g/mol. The Kier molecular flexibility index (Phi) is 4.61. The van der Waals surface area contributed by atoms with Crippen molar-refractivity contribution in [2.45, 2.75) is 76.7 Å². The lowest BCUT2D eigenvalue weighted by atomic mass is 9.78. The van der Waals surface area contributed by atoms with E-state index >= 15 is 0 Å². The molecule has 0 bridgehead atoms. The molecule has 0 N–H and O–H groups in total. The number of hydrogen-bond donors (Lipinski definition) is 0. The van der Waals surface area contributed by atoms with Gasteiger partial charge in [-0.05, 0) is 25.7 Å². The second-order valence-corrected chi connectivity index (χ2v) is 5.77. The molecule has 2 rings (SSSR count). The summed E-state index contributed by atoms with van der Waals surface area (Å²) in [5, 5.41) is 0. The lowest BCUT2D eigenvalue weighted by Crippen LogP contribution is -2.44. The summed E-state index contributed by atoms with van der Waals surface area (Å²) in [5.74, 6) is 1.06. The van der Waals surface area contributed by atoms with Crippen molar-refractivity contribution < 1.29 is 9.53 Å². The van der Waals surface area contributed by atoms with Gasteiger partial charge >= 0.3 is 0 Å². The van der Waals surface area contributed by atoms with Crippen LogP contribution in [0, 0.1) is 5.92 Å². The smallest absolute Gasteiger partial charge is 0.164 e. The molecule has 0 aromatic heterocycles. The predicted octanol–water partition coefficient (Wildman–Crippen LogP) is 3.88. The average Bonchev–Trinajstić information content (AvgIpc) is 2.83. The molecule has 0 aromatic rings. The van der Waals surface area contributed by atoms with Gasteiger partial charge in [0.2, 0.25) is 0 Å². The first-order valence-corrected chi connectivity index (χ1v) is 7.44. The molecule has 17 heavy (non-hydrogen) atoms. The SMILES string of the molecule is CCOC1(C(=O)CC2CCCC2)CCCCC1. The maximum atomic E-state index is 12.5. The van der Waals surface area contributed by atoms with E-state index in [-0.39, 0.29) is 0 Å². The van der Waals surface area contributed by atoms with Crippen LogP contribution in [0.1, 0.15) is 71.1 Å². The van der Waals surface area contributed by atoms with Crippen LogP contribution in [0.5, 0.6) is 0 Å². The molecule has 0 radical (unpaired) electrons. The van der Waals surface area contributed by atoms with E-state index in [1.54, 1.807) is 0 Å². The number of rotatable bonds is 5. The van der Waals surface area contributed by atoms with Gasteiger partial charge in [0.1, 0.15) is 5.60 Å². The lowest BCUT2D eigenvalue weighted by molar-refractivity contribution is -0.150. The molecule has 2 fully saturated rings. The zero-order valence-corrected chi connectivity index (χ0v) is 11.2. The van der Waals surface area contributed by atoms with Gasteiger partial charge in [-0.25, -0.2) is 0 Å². The summed E-state index contributed by atoms with van der Waals surface area (Å²) in [6.45, 7) is 2.69. The van der Waals surface area contributed by atoms with Gasteiger partial charge in [0, 0.05) is 13.0 Å². The fourth-order valence-electron chi connectivity index (χ4n) is 3.57.